The van der Waals surface area contributed by atoms with Gasteiger partial charge in [-0.2, -0.15) is 18.3 Å². The van der Waals surface area contributed by atoms with Crippen LogP contribution in [-0.4, -0.2) is 16.0 Å². The summed E-state index contributed by atoms with van der Waals surface area (Å²) in [6, 6.07) is 1.42. The van der Waals surface area contributed by atoms with Crippen molar-refractivity contribution in [3.63, 3.8) is 0 Å². The fourth-order valence-corrected chi connectivity index (χ4v) is 1.65. The van der Waals surface area contributed by atoms with Gasteiger partial charge in [-0.25, -0.2) is 0 Å². The van der Waals surface area contributed by atoms with Crippen LogP contribution in [0.15, 0.2) is 6.07 Å². The highest BCUT2D eigenvalue weighted by Gasteiger charge is 2.26. The zero-order valence-corrected chi connectivity index (χ0v) is 9.38. The van der Waals surface area contributed by atoms with Gasteiger partial charge in [0.05, 0.1) is 11.4 Å². The van der Waals surface area contributed by atoms with Gasteiger partial charge in [-0.05, 0) is 25.8 Å². The maximum absolute atomic E-state index is 11.9. The average Bonchev–Trinajstić information content (AvgIpc) is 2.43. The summed E-state index contributed by atoms with van der Waals surface area (Å²) in [5, 5.41) is 4.10. The summed E-state index contributed by atoms with van der Waals surface area (Å²) in [6.07, 6.45) is -4.51. The van der Waals surface area contributed by atoms with E-state index in [1.807, 2.05) is 6.92 Å². The highest BCUT2D eigenvalue weighted by Crippen LogP contribution is 2.25. The van der Waals surface area contributed by atoms with Crippen LogP contribution >= 0.6 is 0 Å². The van der Waals surface area contributed by atoms with Crippen molar-refractivity contribution in [2.75, 3.05) is 0 Å². The van der Waals surface area contributed by atoms with E-state index >= 15 is 0 Å². The molecule has 1 rings (SSSR count). The molecule has 16 heavy (non-hydrogen) atoms. The molecule has 1 aromatic rings. The zero-order chi connectivity index (χ0) is 12.3. The van der Waals surface area contributed by atoms with Crippen LogP contribution in [0.5, 0.6) is 0 Å². The fourth-order valence-electron chi connectivity index (χ4n) is 1.65. The Kier molecular flexibility index (Phi) is 3.96. The van der Waals surface area contributed by atoms with Gasteiger partial charge in [0, 0.05) is 19.5 Å². The standard InChI is InChI=1S/C10H16F3N3/c1-7-6-9(16(2)15-7)8(14)4-3-5-10(11,12)13/h6,8H,3-5,14H2,1-2H3. The van der Waals surface area contributed by atoms with E-state index in [1.165, 1.54) is 0 Å². The molecule has 0 spiro atoms. The largest absolute Gasteiger partial charge is 0.389 e. The second-order valence-electron chi connectivity index (χ2n) is 3.95. The van der Waals surface area contributed by atoms with Crippen LogP contribution in [0.1, 0.15) is 36.7 Å². The van der Waals surface area contributed by atoms with Crippen molar-refractivity contribution in [2.24, 2.45) is 12.8 Å². The van der Waals surface area contributed by atoms with E-state index in [2.05, 4.69) is 5.10 Å². The molecule has 0 bridgehead atoms. The Morgan fingerprint density at radius 2 is 2.12 bits per heavy atom. The van der Waals surface area contributed by atoms with Crippen molar-refractivity contribution < 1.29 is 13.2 Å². The number of hydrogen-bond donors (Lipinski definition) is 1. The van der Waals surface area contributed by atoms with Crippen molar-refractivity contribution in [3.05, 3.63) is 17.5 Å². The molecule has 6 heteroatoms. The molecule has 0 aliphatic carbocycles. The van der Waals surface area contributed by atoms with Crippen molar-refractivity contribution in [2.45, 2.75) is 38.4 Å². The van der Waals surface area contributed by atoms with E-state index in [4.69, 9.17) is 5.73 Å². The minimum atomic E-state index is -4.10. The molecule has 0 aliphatic heterocycles. The third-order valence-electron chi connectivity index (χ3n) is 2.39. The Balaban J connectivity index is 2.47. The second-order valence-corrected chi connectivity index (χ2v) is 3.95. The van der Waals surface area contributed by atoms with E-state index in [9.17, 15) is 13.2 Å². The van der Waals surface area contributed by atoms with E-state index in [-0.39, 0.29) is 12.5 Å². The zero-order valence-electron chi connectivity index (χ0n) is 9.38. The van der Waals surface area contributed by atoms with E-state index in [1.54, 1.807) is 17.8 Å². The van der Waals surface area contributed by atoms with Gasteiger partial charge in [0.1, 0.15) is 0 Å². The molecule has 1 unspecified atom stereocenters. The summed E-state index contributed by atoms with van der Waals surface area (Å²) in [6.45, 7) is 1.83. The molecule has 0 fully saturated rings. The van der Waals surface area contributed by atoms with Crippen LogP contribution in [0.4, 0.5) is 13.2 Å². The van der Waals surface area contributed by atoms with Crippen LogP contribution in [0, 0.1) is 6.92 Å². The third-order valence-corrected chi connectivity index (χ3v) is 2.39. The molecule has 0 aliphatic rings. The third kappa shape index (κ3) is 3.84. The lowest BCUT2D eigenvalue weighted by molar-refractivity contribution is -0.135. The van der Waals surface area contributed by atoms with Crippen molar-refractivity contribution in [3.8, 4) is 0 Å². The van der Waals surface area contributed by atoms with E-state index < -0.39 is 12.6 Å². The van der Waals surface area contributed by atoms with Crippen LogP contribution in [0.25, 0.3) is 0 Å². The second kappa shape index (κ2) is 4.86. The molecule has 0 aromatic carbocycles. The lowest BCUT2D eigenvalue weighted by atomic mass is 10.1. The molecule has 0 radical (unpaired) electrons. The summed E-state index contributed by atoms with van der Waals surface area (Å²) >= 11 is 0. The summed E-state index contributed by atoms with van der Waals surface area (Å²) in [4.78, 5) is 0. The van der Waals surface area contributed by atoms with Gasteiger partial charge in [0.25, 0.3) is 0 Å². The maximum Gasteiger partial charge on any atom is 0.389 e. The van der Waals surface area contributed by atoms with Crippen LogP contribution in [-0.2, 0) is 7.05 Å². The first-order valence-electron chi connectivity index (χ1n) is 5.12. The molecular formula is C10H16F3N3. The molecule has 2 N–H and O–H groups in total. The summed E-state index contributed by atoms with van der Waals surface area (Å²) in [5.41, 5.74) is 7.41. The van der Waals surface area contributed by atoms with E-state index in [0.717, 1.165) is 11.4 Å². The Bertz CT molecular complexity index is 344. The van der Waals surface area contributed by atoms with Gasteiger partial charge in [-0.1, -0.05) is 0 Å². The molecule has 0 amide bonds. The van der Waals surface area contributed by atoms with E-state index in [0.29, 0.717) is 6.42 Å². The molecule has 1 aromatic heterocycles. The van der Waals surface area contributed by atoms with Gasteiger partial charge in [0.2, 0.25) is 0 Å². The number of aromatic nitrogens is 2. The van der Waals surface area contributed by atoms with Crippen molar-refractivity contribution >= 4 is 0 Å². The fraction of sp³-hybridized carbons (Fsp3) is 0.700. The number of nitrogens with zero attached hydrogens (tertiary/aromatic N) is 2. The molecular weight excluding hydrogens is 219 g/mol. The molecule has 1 atom stereocenters. The predicted molar refractivity (Wildman–Crippen MR) is 54.8 cm³/mol. The summed E-state index contributed by atoms with van der Waals surface area (Å²) < 4.78 is 37.4. The quantitative estimate of drug-likeness (QED) is 0.871. The number of rotatable bonds is 4. The highest BCUT2D eigenvalue weighted by atomic mass is 19.4. The number of nitrogens with two attached hydrogens (primary N) is 1. The maximum atomic E-state index is 11.9. The predicted octanol–water partition coefficient (Wildman–Crippen LogP) is 2.46. The first-order chi connectivity index (χ1) is 7.29. The smallest absolute Gasteiger partial charge is 0.323 e. The minimum absolute atomic E-state index is 0.0505. The SMILES string of the molecule is Cc1cc(C(N)CCCC(F)(F)F)n(C)n1. The topological polar surface area (TPSA) is 43.8 Å². The molecule has 92 valence electrons. The monoisotopic (exact) mass is 235 g/mol. The Morgan fingerprint density at radius 3 is 2.56 bits per heavy atom. The van der Waals surface area contributed by atoms with Gasteiger partial charge >= 0.3 is 6.18 Å². The Morgan fingerprint density at radius 1 is 1.50 bits per heavy atom. The number of halogens is 3. The van der Waals surface area contributed by atoms with Gasteiger partial charge < -0.3 is 5.73 Å². The summed E-state index contributed by atoms with van der Waals surface area (Å²) in [7, 11) is 1.74. The lowest BCUT2D eigenvalue weighted by Gasteiger charge is -2.12. The van der Waals surface area contributed by atoms with Gasteiger partial charge in [-0.15, -0.1) is 0 Å². The van der Waals surface area contributed by atoms with Crippen molar-refractivity contribution in [1.82, 2.24) is 9.78 Å². The normalized spacial score (nSPS) is 14.1. The highest BCUT2D eigenvalue weighted by molar-refractivity contribution is 5.12. The molecule has 3 nitrogen and oxygen atoms in total. The molecule has 1 heterocycles. The Labute approximate surface area is 92.4 Å². The summed E-state index contributed by atoms with van der Waals surface area (Å²) in [5.74, 6) is 0. The van der Waals surface area contributed by atoms with Gasteiger partial charge in [-0.3, -0.25) is 4.68 Å². The van der Waals surface area contributed by atoms with Gasteiger partial charge in [0.15, 0.2) is 0 Å². The number of aryl methyl sites for hydroxylation is 2. The average molecular weight is 235 g/mol. The van der Waals surface area contributed by atoms with Crippen LogP contribution < -0.4 is 5.73 Å². The molecule has 0 saturated heterocycles. The van der Waals surface area contributed by atoms with Crippen LogP contribution in [0.2, 0.25) is 0 Å². The van der Waals surface area contributed by atoms with Crippen LogP contribution in [0.3, 0.4) is 0 Å². The minimum Gasteiger partial charge on any atom is -0.323 e. The number of alkyl halides is 3. The first kappa shape index (κ1) is 13.0. The van der Waals surface area contributed by atoms with Crippen molar-refractivity contribution in [1.29, 1.82) is 0 Å². The first-order valence-corrected chi connectivity index (χ1v) is 5.12. The lowest BCUT2D eigenvalue weighted by Crippen LogP contribution is -2.16. The Hall–Kier alpha value is -1.04. The number of hydrogen-bond acceptors (Lipinski definition) is 2. The molecule has 0 saturated carbocycles.